The first kappa shape index (κ1) is 27.8. The van der Waals surface area contributed by atoms with Crippen molar-refractivity contribution in [2.24, 2.45) is 5.92 Å². The van der Waals surface area contributed by atoms with E-state index in [1.54, 1.807) is 73.8 Å². The van der Waals surface area contributed by atoms with Crippen molar-refractivity contribution in [1.29, 1.82) is 0 Å². The van der Waals surface area contributed by atoms with E-state index in [2.05, 4.69) is 13.8 Å². The van der Waals surface area contributed by atoms with Gasteiger partial charge in [0.1, 0.15) is 23.0 Å². The number of aliphatic hydroxyl groups is 1. The lowest BCUT2D eigenvalue weighted by molar-refractivity contribution is -0.132. The zero-order chi connectivity index (χ0) is 28.3. The van der Waals surface area contributed by atoms with Crippen LogP contribution in [0.5, 0.6) is 17.2 Å². The number of hydrogen-bond acceptors (Lipinski definition) is 6. The Labute approximate surface area is 229 Å². The van der Waals surface area contributed by atoms with Gasteiger partial charge in [0, 0.05) is 11.3 Å². The normalized spacial score (nSPS) is 16.7. The molecule has 1 aliphatic rings. The first-order chi connectivity index (χ1) is 18.6. The first-order valence-corrected chi connectivity index (χ1v) is 13.1. The number of aryl methyl sites for hydroxylation is 1. The minimum absolute atomic E-state index is 0.00861. The van der Waals surface area contributed by atoms with Crippen LogP contribution in [-0.4, -0.2) is 36.6 Å². The minimum Gasteiger partial charge on any atom is -0.507 e. The highest BCUT2D eigenvalue weighted by Gasteiger charge is 2.47. The molecule has 1 aliphatic heterocycles. The Morgan fingerprint density at radius 3 is 2.13 bits per heavy atom. The molecular weight excluding hydrogens is 494 g/mol. The van der Waals surface area contributed by atoms with Crippen molar-refractivity contribution < 1.29 is 28.9 Å². The number of nitrogens with zero attached hydrogens (tertiary/aromatic N) is 1. The maximum Gasteiger partial charge on any atom is 0.300 e. The van der Waals surface area contributed by atoms with E-state index in [0.29, 0.717) is 46.6 Å². The molecule has 39 heavy (non-hydrogen) atoms. The molecule has 1 amide bonds. The van der Waals surface area contributed by atoms with Crippen molar-refractivity contribution in [3.63, 3.8) is 0 Å². The van der Waals surface area contributed by atoms with Crippen LogP contribution in [0, 0.1) is 12.8 Å². The van der Waals surface area contributed by atoms with E-state index in [1.807, 2.05) is 20.8 Å². The van der Waals surface area contributed by atoms with Gasteiger partial charge in [0.15, 0.2) is 0 Å². The number of amides is 1. The summed E-state index contributed by atoms with van der Waals surface area (Å²) in [4.78, 5) is 28.3. The molecular formula is C32H35NO6. The van der Waals surface area contributed by atoms with Crippen molar-refractivity contribution in [3.8, 4) is 17.2 Å². The van der Waals surface area contributed by atoms with Crippen molar-refractivity contribution in [2.75, 3.05) is 18.6 Å². The predicted molar refractivity (Wildman–Crippen MR) is 151 cm³/mol. The predicted octanol–water partition coefficient (Wildman–Crippen LogP) is 6.45. The highest BCUT2D eigenvalue weighted by atomic mass is 16.5. The number of anilines is 1. The first-order valence-electron chi connectivity index (χ1n) is 13.1. The number of carbonyl (C=O) groups excluding carboxylic acids is 2. The average Bonchev–Trinajstić information content (AvgIpc) is 3.18. The van der Waals surface area contributed by atoms with Crippen molar-refractivity contribution in [1.82, 2.24) is 0 Å². The Balaban J connectivity index is 1.81. The number of Topliss-reactive ketones (excluding diaryl/α,β-unsaturated/α-hetero) is 1. The van der Waals surface area contributed by atoms with Gasteiger partial charge in [-0.05, 0) is 92.4 Å². The molecule has 1 atom stereocenters. The van der Waals surface area contributed by atoms with Gasteiger partial charge in [-0.3, -0.25) is 14.5 Å². The smallest absolute Gasteiger partial charge is 0.300 e. The number of benzene rings is 3. The molecule has 0 aromatic heterocycles. The van der Waals surface area contributed by atoms with Crippen LogP contribution < -0.4 is 19.1 Å². The molecule has 1 heterocycles. The van der Waals surface area contributed by atoms with Crippen molar-refractivity contribution >= 4 is 23.1 Å². The molecule has 1 unspecified atom stereocenters. The van der Waals surface area contributed by atoms with Crippen molar-refractivity contribution in [2.45, 2.75) is 46.8 Å². The number of methoxy groups -OCH3 is 1. The number of ether oxygens (including phenoxy) is 3. The van der Waals surface area contributed by atoms with Crippen LogP contribution in [0.15, 0.2) is 72.3 Å². The summed E-state index contributed by atoms with van der Waals surface area (Å²) in [6.07, 6.45) is -0.00861. The van der Waals surface area contributed by atoms with E-state index in [4.69, 9.17) is 14.2 Å². The van der Waals surface area contributed by atoms with Crippen LogP contribution in [0.25, 0.3) is 5.76 Å². The summed E-state index contributed by atoms with van der Waals surface area (Å²) in [5, 5.41) is 11.5. The van der Waals surface area contributed by atoms with E-state index in [0.717, 1.165) is 5.56 Å². The van der Waals surface area contributed by atoms with E-state index in [9.17, 15) is 14.7 Å². The topological polar surface area (TPSA) is 85.3 Å². The molecule has 1 N–H and O–H groups in total. The Bertz CT molecular complexity index is 1370. The molecule has 0 spiro atoms. The van der Waals surface area contributed by atoms with Gasteiger partial charge >= 0.3 is 0 Å². The number of ketones is 1. The SMILES string of the molecule is COc1ccc(C2/C(=C(/O)c3ccc(OC(C)C)c(C)c3)C(=O)C(=O)N2c2ccc(OCC(C)C)cc2)cc1. The van der Waals surface area contributed by atoms with Gasteiger partial charge in [-0.2, -0.15) is 0 Å². The molecule has 1 fully saturated rings. The number of hydrogen-bond donors (Lipinski definition) is 1. The van der Waals surface area contributed by atoms with E-state index < -0.39 is 17.7 Å². The summed E-state index contributed by atoms with van der Waals surface area (Å²) < 4.78 is 16.9. The summed E-state index contributed by atoms with van der Waals surface area (Å²) in [5.41, 5.74) is 2.43. The van der Waals surface area contributed by atoms with Gasteiger partial charge in [0.25, 0.3) is 11.7 Å². The van der Waals surface area contributed by atoms with E-state index in [-0.39, 0.29) is 17.4 Å². The molecule has 204 valence electrons. The number of aliphatic hydroxyl groups excluding tert-OH is 1. The fraction of sp³-hybridized carbons (Fsp3) is 0.312. The van der Waals surface area contributed by atoms with Crippen LogP contribution >= 0.6 is 0 Å². The second-order valence-corrected chi connectivity index (χ2v) is 10.3. The third kappa shape index (κ3) is 5.93. The van der Waals surface area contributed by atoms with Gasteiger partial charge < -0.3 is 19.3 Å². The highest BCUT2D eigenvalue weighted by Crippen LogP contribution is 2.43. The second-order valence-electron chi connectivity index (χ2n) is 10.3. The van der Waals surface area contributed by atoms with Crippen LogP contribution in [0.4, 0.5) is 5.69 Å². The largest absolute Gasteiger partial charge is 0.507 e. The molecule has 7 heteroatoms. The Morgan fingerprint density at radius 2 is 1.56 bits per heavy atom. The Hall–Kier alpha value is -4.26. The van der Waals surface area contributed by atoms with Crippen LogP contribution in [-0.2, 0) is 9.59 Å². The molecule has 0 aliphatic carbocycles. The minimum atomic E-state index is -0.842. The molecule has 0 bridgehead atoms. The quantitative estimate of drug-likeness (QED) is 0.195. The Morgan fingerprint density at radius 1 is 0.923 bits per heavy atom. The lowest BCUT2D eigenvalue weighted by Crippen LogP contribution is -2.29. The molecule has 0 saturated carbocycles. The van der Waals surface area contributed by atoms with Crippen LogP contribution in [0.1, 0.15) is 50.4 Å². The molecule has 1 saturated heterocycles. The maximum atomic E-state index is 13.5. The summed E-state index contributed by atoms with van der Waals surface area (Å²) >= 11 is 0. The molecule has 3 aromatic carbocycles. The lowest BCUT2D eigenvalue weighted by Gasteiger charge is -2.26. The molecule has 0 radical (unpaired) electrons. The fourth-order valence-electron chi connectivity index (χ4n) is 4.50. The fourth-order valence-corrected chi connectivity index (χ4v) is 4.50. The monoisotopic (exact) mass is 529 g/mol. The van der Waals surface area contributed by atoms with Gasteiger partial charge in [0.2, 0.25) is 0 Å². The van der Waals surface area contributed by atoms with E-state index >= 15 is 0 Å². The molecule has 7 nitrogen and oxygen atoms in total. The zero-order valence-corrected chi connectivity index (χ0v) is 23.2. The Kier molecular flexibility index (Phi) is 8.29. The summed E-state index contributed by atoms with van der Waals surface area (Å²) in [6.45, 7) is 10.4. The average molecular weight is 530 g/mol. The van der Waals surface area contributed by atoms with Gasteiger partial charge in [-0.25, -0.2) is 0 Å². The van der Waals surface area contributed by atoms with Gasteiger partial charge in [0.05, 0.1) is 31.4 Å². The van der Waals surface area contributed by atoms with Gasteiger partial charge in [-0.1, -0.05) is 26.0 Å². The zero-order valence-electron chi connectivity index (χ0n) is 23.2. The molecule has 4 rings (SSSR count). The van der Waals surface area contributed by atoms with Crippen LogP contribution in [0.3, 0.4) is 0 Å². The summed E-state index contributed by atoms with van der Waals surface area (Å²) in [7, 11) is 1.57. The third-order valence-corrected chi connectivity index (χ3v) is 6.39. The second kappa shape index (κ2) is 11.6. The van der Waals surface area contributed by atoms with Gasteiger partial charge in [-0.15, -0.1) is 0 Å². The number of rotatable bonds is 9. The van der Waals surface area contributed by atoms with E-state index in [1.165, 1.54) is 4.90 Å². The number of carbonyl (C=O) groups is 2. The summed E-state index contributed by atoms with van der Waals surface area (Å²) in [6, 6.07) is 18.5. The lowest BCUT2D eigenvalue weighted by atomic mass is 9.94. The summed E-state index contributed by atoms with van der Waals surface area (Å²) in [5.74, 6) is 0.648. The molecule has 3 aromatic rings. The third-order valence-electron chi connectivity index (χ3n) is 6.39. The standard InChI is InChI=1S/C32H35NO6/c1-19(2)18-38-26-14-10-24(11-15-26)33-29(22-7-12-25(37-6)13-8-22)28(31(35)32(33)36)30(34)23-9-16-27(21(5)17-23)39-20(3)4/h7-17,19-20,29,34H,18H2,1-6H3/b30-28-. The highest BCUT2D eigenvalue weighted by molar-refractivity contribution is 6.51. The van der Waals surface area contributed by atoms with Crippen LogP contribution in [0.2, 0.25) is 0 Å². The van der Waals surface area contributed by atoms with Crippen molar-refractivity contribution in [3.05, 3.63) is 89.0 Å². The maximum absolute atomic E-state index is 13.5.